The predicted octanol–water partition coefficient (Wildman–Crippen LogP) is 4.05. The van der Waals surface area contributed by atoms with E-state index < -0.39 is 0 Å². The Bertz CT molecular complexity index is 328. The van der Waals surface area contributed by atoms with Crippen molar-refractivity contribution in [1.82, 2.24) is 0 Å². The van der Waals surface area contributed by atoms with Crippen LogP contribution < -0.4 is 0 Å². The second kappa shape index (κ2) is 6.20. The molecular weight excluding hydrogens is 208 g/mol. The molecule has 0 unspecified atom stereocenters. The first-order valence-electron chi connectivity index (χ1n) is 7.08. The molecule has 0 heterocycles. The van der Waals surface area contributed by atoms with Crippen molar-refractivity contribution in [1.29, 1.82) is 0 Å². The fourth-order valence-electron chi connectivity index (χ4n) is 2.81. The van der Waals surface area contributed by atoms with Crippen LogP contribution in [0.25, 0.3) is 0 Å². The fraction of sp³-hybridized carbons (Fsp3) is 0.625. The zero-order chi connectivity index (χ0) is 12.1. The second-order valence-electron chi connectivity index (χ2n) is 5.30. The molecule has 1 aromatic rings. The highest BCUT2D eigenvalue weighted by Gasteiger charge is 2.24. The van der Waals surface area contributed by atoms with Crippen LogP contribution in [0.2, 0.25) is 0 Å². The minimum absolute atomic E-state index is 0.120. The van der Waals surface area contributed by atoms with Crippen molar-refractivity contribution in [2.24, 2.45) is 0 Å². The molecule has 1 aliphatic carbocycles. The molecule has 17 heavy (non-hydrogen) atoms. The molecule has 2 rings (SSSR count). The molecule has 1 nitrogen and oxygen atoms in total. The Balaban J connectivity index is 2.01. The summed E-state index contributed by atoms with van der Waals surface area (Å²) in [4.78, 5) is 0. The standard InChI is InChI=1S/C16H24O/c1-2-3-6-13-9-11-14(12-10-13)15-7-4-5-8-16(15)17/h9-12,15-17H,2-8H2,1H3/t15-,16-/m1/s1. The molecule has 1 aliphatic rings. The van der Waals surface area contributed by atoms with Crippen LogP contribution >= 0.6 is 0 Å². The lowest BCUT2D eigenvalue weighted by atomic mass is 9.81. The number of unbranched alkanes of at least 4 members (excludes halogenated alkanes) is 1. The summed E-state index contributed by atoms with van der Waals surface area (Å²) in [5, 5.41) is 10.0. The van der Waals surface area contributed by atoms with Crippen LogP contribution in [0.3, 0.4) is 0 Å². The fourth-order valence-corrected chi connectivity index (χ4v) is 2.81. The van der Waals surface area contributed by atoms with Crippen LogP contribution in [0.1, 0.15) is 62.5 Å². The van der Waals surface area contributed by atoms with Gasteiger partial charge in [0.25, 0.3) is 0 Å². The van der Waals surface area contributed by atoms with Crippen LogP contribution in [-0.4, -0.2) is 11.2 Å². The normalized spacial score (nSPS) is 24.8. The van der Waals surface area contributed by atoms with Gasteiger partial charge in [-0.3, -0.25) is 0 Å². The van der Waals surface area contributed by atoms with E-state index in [1.165, 1.54) is 43.2 Å². The number of aryl methyl sites for hydroxylation is 1. The van der Waals surface area contributed by atoms with Crippen molar-refractivity contribution in [2.45, 2.75) is 63.9 Å². The van der Waals surface area contributed by atoms with Crippen LogP contribution in [0.4, 0.5) is 0 Å². The van der Waals surface area contributed by atoms with E-state index in [1.807, 2.05) is 0 Å². The summed E-state index contributed by atoms with van der Waals surface area (Å²) >= 11 is 0. The van der Waals surface area contributed by atoms with Gasteiger partial charge in [0.1, 0.15) is 0 Å². The number of aliphatic hydroxyl groups is 1. The average Bonchev–Trinajstić information content (AvgIpc) is 2.38. The number of aliphatic hydroxyl groups excluding tert-OH is 1. The lowest BCUT2D eigenvalue weighted by molar-refractivity contribution is 0.106. The van der Waals surface area contributed by atoms with E-state index >= 15 is 0 Å². The summed E-state index contributed by atoms with van der Waals surface area (Å²) < 4.78 is 0. The molecule has 1 heteroatoms. The van der Waals surface area contributed by atoms with E-state index in [0.717, 1.165) is 12.8 Å². The highest BCUT2D eigenvalue weighted by molar-refractivity contribution is 5.26. The minimum Gasteiger partial charge on any atom is -0.392 e. The highest BCUT2D eigenvalue weighted by Crippen LogP contribution is 2.33. The van der Waals surface area contributed by atoms with E-state index in [9.17, 15) is 5.11 Å². The van der Waals surface area contributed by atoms with Gasteiger partial charge in [-0.25, -0.2) is 0 Å². The quantitative estimate of drug-likeness (QED) is 0.830. The van der Waals surface area contributed by atoms with Crippen LogP contribution in [0.5, 0.6) is 0 Å². The van der Waals surface area contributed by atoms with E-state index in [2.05, 4.69) is 31.2 Å². The third-order valence-electron chi connectivity index (χ3n) is 3.96. The zero-order valence-electron chi connectivity index (χ0n) is 10.9. The van der Waals surface area contributed by atoms with Crippen molar-refractivity contribution in [3.8, 4) is 0 Å². The average molecular weight is 232 g/mol. The Labute approximate surface area is 105 Å². The monoisotopic (exact) mass is 232 g/mol. The SMILES string of the molecule is CCCCc1ccc([C@H]2CCCC[C@H]2O)cc1. The molecule has 1 fully saturated rings. The van der Waals surface area contributed by atoms with Crippen LogP contribution in [0.15, 0.2) is 24.3 Å². The van der Waals surface area contributed by atoms with Crippen molar-refractivity contribution in [3.63, 3.8) is 0 Å². The molecule has 0 amide bonds. The largest absolute Gasteiger partial charge is 0.392 e. The maximum Gasteiger partial charge on any atom is 0.0608 e. The maximum atomic E-state index is 10.0. The van der Waals surface area contributed by atoms with Gasteiger partial charge in [-0.1, -0.05) is 50.5 Å². The molecule has 1 N–H and O–H groups in total. The van der Waals surface area contributed by atoms with Gasteiger partial charge < -0.3 is 5.11 Å². The molecule has 1 saturated carbocycles. The Hall–Kier alpha value is -0.820. The molecular formula is C16H24O. The van der Waals surface area contributed by atoms with Gasteiger partial charge in [-0.15, -0.1) is 0 Å². The molecule has 94 valence electrons. The number of benzene rings is 1. The molecule has 1 aromatic carbocycles. The Morgan fingerprint density at radius 3 is 2.47 bits per heavy atom. The molecule has 0 aliphatic heterocycles. The third-order valence-corrected chi connectivity index (χ3v) is 3.96. The lowest BCUT2D eigenvalue weighted by Crippen LogP contribution is -2.22. The molecule has 0 saturated heterocycles. The van der Waals surface area contributed by atoms with E-state index in [0.29, 0.717) is 5.92 Å². The predicted molar refractivity (Wildman–Crippen MR) is 72.3 cm³/mol. The van der Waals surface area contributed by atoms with Crippen molar-refractivity contribution < 1.29 is 5.11 Å². The first-order valence-corrected chi connectivity index (χ1v) is 7.08. The Morgan fingerprint density at radius 1 is 1.12 bits per heavy atom. The first kappa shape index (κ1) is 12.6. The van der Waals surface area contributed by atoms with Gasteiger partial charge in [0.05, 0.1) is 6.10 Å². The summed E-state index contributed by atoms with van der Waals surface area (Å²) in [6, 6.07) is 8.94. The van der Waals surface area contributed by atoms with E-state index in [4.69, 9.17) is 0 Å². The first-order chi connectivity index (χ1) is 8.31. The molecule has 0 radical (unpaired) electrons. The summed E-state index contributed by atoms with van der Waals surface area (Å²) in [5.41, 5.74) is 2.76. The van der Waals surface area contributed by atoms with Crippen molar-refractivity contribution in [3.05, 3.63) is 35.4 Å². The highest BCUT2D eigenvalue weighted by atomic mass is 16.3. The smallest absolute Gasteiger partial charge is 0.0608 e. The minimum atomic E-state index is -0.120. The van der Waals surface area contributed by atoms with Crippen molar-refractivity contribution >= 4 is 0 Å². The Kier molecular flexibility index (Phi) is 4.61. The number of rotatable bonds is 4. The van der Waals surface area contributed by atoms with E-state index in [1.54, 1.807) is 0 Å². The summed E-state index contributed by atoms with van der Waals surface area (Å²) in [6.07, 6.45) is 8.16. The molecule has 2 atom stereocenters. The number of hydrogen-bond donors (Lipinski definition) is 1. The van der Waals surface area contributed by atoms with Crippen LogP contribution in [-0.2, 0) is 6.42 Å². The second-order valence-corrected chi connectivity index (χ2v) is 5.30. The van der Waals surface area contributed by atoms with Gasteiger partial charge in [-0.2, -0.15) is 0 Å². The van der Waals surface area contributed by atoms with Crippen molar-refractivity contribution in [2.75, 3.05) is 0 Å². The number of hydrogen-bond acceptors (Lipinski definition) is 1. The van der Waals surface area contributed by atoms with Gasteiger partial charge in [-0.05, 0) is 36.8 Å². The van der Waals surface area contributed by atoms with Gasteiger partial charge in [0, 0.05) is 5.92 Å². The summed E-state index contributed by atoms with van der Waals surface area (Å²) in [6.45, 7) is 2.23. The Morgan fingerprint density at radius 2 is 1.82 bits per heavy atom. The van der Waals surface area contributed by atoms with E-state index in [-0.39, 0.29) is 6.10 Å². The zero-order valence-corrected chi connectivity index (χ0v) is 10.9. The van der Waals surface area contributed by atoms with Gasteiger partial charge in [0.2, 0.25) is 0 Å². The maximum absolute atomic E-state index is 10.0. The lowest BCUT2D eigenvalue weighted by Gasteiger charge is -2.28. The molecule has 0 spiro atoms. The molecule has 0 aromatic heterocycles. The molecule has 0 bridgehead atoms. The topological polar surface area (TPSA) is 20.2 Å². The third kappa shape index (κ3) is 3.32. The summed E-state index contributed by atoms with van der Waals surface area (Å²) in [5.74, 6) is 0.379. The summed E-state index contributed by atoms with van der Waals surface area (Å²) in [7, 11) is 0. The van der Waals surface area contributed by atoms with Gasteiger partial charge in [0.15, 0.2) is 0 Å². The van der Waals surface area contributed by atoms with Crippen LogP contribution in [0, 0.1) is 0 Å². The van der Waals surface area contributed by atoms with Gasteiger partial charge >= 0.3 is 0 Å².